The number of anilines is 1. The van der Waals surface area contributed by atoms with Crippen LogP contribution >= 0.6 is 0 Å². The zero-order valence-electron chi connectivity index (χ0n) is 18.8. The topological polar surface area (TPSA) is 45.2 Å². The maximum Gasteiger partial charge on any atom is 0.323 e. The fraction of sp³-hybridized carbons (Fsp3) is 0.615. The van der Waals surface area contributed by atoms with Gasteiger partial charge >= 0.3 is 6.03 Å². The van der Waals surface area contributed by atoms with E-state index in [1.54, 1.807) is 12.1 Å². The molecule has 0 radical (unpaired) electrons. The minimum absolute atomic E-state index is 0.0235. The molecular weight excluding hydrogens is 389 g/mol. The number of aromatic nitrogens is 1. The molecule has 4 nitrogen and oxygen atoms in total. The Kier molecular flexibility index (Phi) is 7.41. The molecule has 0 saturated heterocycles. The van der Waals surface area contributed by atoms with Gasteiger partial charge in [-0.3, -0.25) is 4.90 Å². The van der Waals surface area contributed by atoms with Crippen LogP contribution in [0.1, 0.15) is 89.7 Å². The molecule has 168 valence electrons. The summed E-state index contributed by atoms with van der Waals surface area (Å²) in [6.45, 7) is 2.16. The van der Waals surface area contributed by atoms with Crippen LogP contribution in [0.15, 0.2) is 24.3 Å². The van der Waals surface area contributed by atoms with Crippen LogP contribution in [0.5, 0.6) is 0 Å². The summed E-state index contributed by atoms with van der Waals surface area (Å²) < 4.78 is 14.1. The molecular formula is C26H36FN3O. The Labute approximate surface area is 185 Å². The van der Waals surface area contributed by atoms with Crippen LogP contribution in [-0.4, -0.2) is 23.1 Å². The number of urea groups is 1. The molecule has 0 aliphatic heterocycles. The molecule has 1 N–H and O–H groups in total. The van der Waals surface area contributed by atoms with Crippen molar-refractivity contribution in [3.63, 3.8) is 0 Å². The molecule has 2 aliphatic carbocycles. The van der Waals surface area contributed by atoms with Crippen LogP contribution in [-0.2, 0) is 6.42 Å². The number of nitrogens with one attached hydrogen (secondary N) is 1. The van der Waals surface area contributed by atoms with E-state index in [-0.39, 0.29) is 23.9 Å². The monoisotopic (exact) mass is 425 g/mol. The van der Waals surface area contributed by atoms with E-state index >= 15 is 0 Å². The van der Waals surface area contributed by atoms with E-state index in [1.807, 2.05) is 11.0 Å². The summed E-state index contributed by atoms with van der Waals surface area (Å²) in [6.07, 6.45) is 14.2. The Bertz CT molecular complexity index is 888. The molecule has 4 rings (SSSR count). The third-order valence-corrected chi connectivity index (χ3v) is 6.93. The third kappa shape index (κ3) is 5.36. The minimum atomic E-state index is -0.248. The van der Waals surface area contributed by atoms with Crippen LogP contribution in [0.25, 0.3) is 10.8 Å². The lowest BCUT2D eigenvalue weighted by molar-refractivity contribution is 0.233. The molecule has 31 heavy (non-hydrogen) atoms. The van der Waals surface area contributed by atoms with E-state index in [0.29, 0.717) is 5.82 Å². The maximum atomic E-state index is 14.1. The van der Waals surface area contributed by atoms with Crippen molar-refractivity contribution in [2.24, 2.45) is 0 Å². The third-order valence-electron chi connectivity index (χ3n) is 6.93. The number of unbranched alkanes of at least 4 members (excludes halogenated alkanes) is 1. The van der Waals surface area contributed by atoms with Gasteiger partial charge in [0.05, 0.1) is 0 Å². The molecule has 2 aliphatic rings. The molecule has 2 amide bonds. The van der Waals surface area contributed by atoms with Gasteiger partial charge in [-0.05, 0) is 68.2 Å². The van der Waals surface area contributed by atoms with Gasteiger partial charge in [0, 0.05) is 23.2 Å². The molecule has 1 aromatic carbocycles. The van der Waals surface area contributed by atoms with E-state index in [2.05, 4.69) is 12.2 Å². The standard InChI is InChI=1S/C26H36FN3O/c1-2-3-10-22-18-19-17-20(27)15-16-24(19)25(28-22)30(23-13-8-5-9-14-23)26(31)29-21-11-6-4-7-12-21/h15-18,21,23H,2-14H2,1H3,(H,29,31). The average molecular weight is 426 g/mol. The van der Waals surface area contributed by atoms with Crippen molar-refractivity contribution in [1.82, 2.24) is 10.3 Å². The summed E-state index contributed by atoms with van der Waals surface area (Å²) in [5, 5.41) is 5.03. The number of pyridine rings is 1. The number of nitrogens with zero attached hydrogens (tertiary/aromatic N) is 2. The normalized spacial score (nSPS) is 18.3. The highest BCUT2D eigenvalue weighted by Crippen LogP contribution is 2.33. The SMILES string of the molecule is CCCCc1cc2cc(F)ccc2c(N(C(=O)NC2CCCCC2)C2CCCCC2)n1. The number of hydrogen-bond acceptors (Lipinski definition) is 2. The van der Waals surface area contributed by atoms with Crippen molar-refractivity contribution in [3.05, 3.63) is 35.8 Å². The number of amides is 2. The fourth-order valence-corrected chi connectivity index (χ4v) is 5.20. The van der Waals surface area contributed by atoms with Crippen molar-refractivity contribution in [3.8, 4) is 0 Å². The van der Waals surface area contributed by atoms with Gasteiger partial charge in [0.2, 0.25) is 0 Å². The first-order valence-corrected chi connectivity index (χ1v) is 12.3. The predicted octanol–water partition coefficient (Wildman–Crippen LogP) is 6.90. The van der Waals surface area contributed by atoms with Gasteiger partial charge in [0.25, 0.3) is 0 Å². The van der Waals surface area contributed by atoms with Crippen molar-refractivity contribution < 1.29 is 9.18 Å². The highest BCUT2D eigenvalue weighted by molar-refractivity contribution is 6.02. The second-order valence-electron chi connectivity index (χ2n) is 9.35. The van der Waals surface area contributed by atoms with Crippen molar-refractivity contribution in [2.45, 2.75) is 102 Å². The van der Waals surface area contributed by atoms with E-state index in [9.17, 15) is 9.18 Å². The first-order valence-electron chi connectivity index (χ1n) is 12.3. The van der Waals surface area contributed by atoms with Crippen molar-refractivity contribution >= 4 is 22.6 Å². The minimum Gasteiger partial charge on any atom is -0.335 e. The van der Waals surface area contributed by atoms with Gasteiger partial charge in [-0.2, -0.15) is 0 Å². The summed E-state index contributed by atoms with van der Waals surface area (Å²) in [7, 11) is 0. The number of carbonyl (C=O) groups is 1. The van der Waals surface area contributed by atoms with Crippen LogP contribution in [0.3, 0.4) is 0 Å². The summed E-state index contributed by atoms with van der Waals surface area (Å²) in [4.78, 5) is 20.6. The van der Waals surface area contributed by atoms with Gasteiger partial charge < -0.3 is 5.32 Å². The second kappa shape index (κ2) is 10.4. The Morgan fingerprint density at radius 1 is 1.06 bits per heavy atom. The number of rotatable bonds is 6. The molecule has 2 fully saturated rings. The number of halogens is 1. The Morgan fingerprint density at radius 2 is 1.77 bits per heavy atom. The summed E-state index contributed by atoms with van der Waals surface area (Å²) in [5.41, 5.74) is 0.946. The van der Waals surface area contributed by atoms with Crippen LogP contribution in [0, 0.1) is 5.82 Å². The zero-order valence-corrected chi connectivity index (χ0v) is 18.8. The molecule has 0 spiro atoms. The van der Waals surface area contributed by atoms with E-state index < -0.39 is 0 Å². The molecule has 2 saturated carbocycles. The Hall–Kier alpha value is -2.17. The second-order valence-corrected chi connectivity index (χ2v) is 9.35. The number of aryl methyl sites for hydroxylation is 1. The highest BCUT2D eigenvalue weighted by Gasteiger charge is 2.31. The van der Waals surface area contributed by atoms with Gasteiger partial charge in [-0.25, -0.2) is 14.2 Å². The van der Waals surface area contributed by atoms with Crippen LogP contribution in [0.2, 0.25) is 0 Å². The predicted molar refractivity (Wildman–Crippen MR) is 125 cm³/mol. The van der Waals surface area contributed by atoms with Gasteiger partial charge in [0.1, 0.15) is 11.6 Å². The van der Waals surface area contributed by atoms with Crippen molar-refractivity contribution in [1.29, 1.82) is 0 Å². The fourth-order valence-electron chi connectivity index (χ4n) is 5.20. The number of benzene rings is 1. The van der Waals surface area contributed by atoms with E-state index in [0.717, 1.165) is 74.3 Å². The largest absolute Gasteiger partial charge is 0.335 e. The van der Waals surface area contributed by atoms with Crippen molar-refractivity contribution in [2.75, 3.05) is 4.90 Å². The Morgan fingerprint density at radius 3 is 2.48 bits per heavy atom. The maximum absolute atomic E-state index is 14.1. The summed E-state index contributed by atoms with van der Waals surface area (Å²) in [6, 6.07) is 7.23. The molecule has 0 unspecified atom stereocenters. The lowest BCUT2D eigenvalue weighted by atomic mass is 9.93. The summed E-state index contributed by atoms with van der Waals surface area (Å²) >= 11 is 0. The molecule has 1 heterocycles. The number of hydrogen-bond donors (Lipinski definition) is 1. The van der Waals surface area contributed by atoms with Crippen LogP contribution in [0.4, 0.5) is 15.0 Å². The van der Waals surface area contributed by atoms with E-state index in [1.165, 1.54) is 31.7 Å². The lowest BCUT2D eigenvalue weighted by Crippen LogP contribution is -2.51. The Balaban J connectivity index is 1.74. The average Bonchev–Trinajstić information content (AvgIpc) is 2.79. The zero-order chi connectivity index (χ0) is 21.6. The van der Waals surface area contributed by atoms with Crippen LogP contribution < -0.4 is 10.2 Å². The lowest BCUT2D eigenvalue weighted by Gasteiger charge is -2.36. The van der Waals surface area contributed by atoms with E-state index in [4.69, 9.17) is 4.98 Å². The highest BCUT2D eigenvalue weighted by atomic mass is 19.1. The smallest absolute Gasteiger partial charge is 0.323 e. The number of carbonyl (C=O) groups excluding carboxylic acids is 1. The van der Waals surface area contributed by atoms with Gasteiger partial charge in [-0.1, -0.05) is 51.9 Å². The molecule has 5 heteroatoms. The quantitative estimate of drug-likeness (QED) is 0.547. The van der Waals surface area contributed by atoms with Gasteiger partial charge in [-0.15, -0.1) is 0 Å². The molecule has 0 bridgehead atoms. The molecule has 2 aromatic rings. The summed E-state index contributed by atoms with van der Waals surface area (Å²) in [5.74, 6) is 0.464. The first kappa shape index (κ1) is 22.0. The van der Waals surface area contributed by atoms with Gasteiger partial charge in [0.15, 0.2) is 0 Å². The number of fused-ring (bicyclic) bond motifs is 1. The molecule has 1 aromatic heterocycles. The molecule has 0 atom stereocenters. The first-order chi connectivity index (χ1) is 15.2.